The van der Waals surface area contributed by atoms with Gasteiger partial charge in [-0.3, -0.25) is 19.4 Å². The van der Waals surface area contributed by atoms with Gasteiger partial charge in [0.25, 0.3) is 0 Å². The van der Waals surface area contributed by atoms with E-state index in [9.17, 15) is 19.2 Å². The van der Waals surface area contributed by atoms with Gasteiger partial charge in [0.15, 0.2) is 0 Å². The second kappa shape index (κ2) is 7.13. The van der Waals surface area contributed by atoms with Crippen LogP contribution >= 0.6 is 0 Å². The lowest BCUT2D eigenvalue weighted by Crippen LogP contribution is -2.46. The van der Waals surface area contributed by atoms with Crippen LogP contribution in [0.1, 0.15) is 49.3 Å². The van der Waals surface area contributed by atoms with E-state index in [4.69, 9.17) is 4.42 Å². The zero-order valence-electron chi connectivity index (χ0n) is 16.9. The van der Waals surface area contributed by atoms with Gasteiger partial charge in [-0.05, 0) is 49.3 Å². The third-order valence-electron chi connectivity index (χ3n) is 6.33. The van der Waals surface area contributed by atoms with Crippen molar-refractivity contribution in [3.63, 3.8) is 0 Å². The Labute approximate surface area is 168 Å². The monoisotopic (exact) mass is 396 g/mol. The van der Waals surface area contributed by atoms with Crippen molar-refractivity contribution in [1.29, 1.82) is 0 Å². The van der Waals surface area contributed by atoms with Crippen molar-refractivity contribution < 1.29 is 18.8 Å². The van der Waals surface area contributed by atoms with Gasteiger partial charge in [-0.2, -0.15) is 0 Å². The number of nitrogens with zero attached hydrogens (tertiary/aromatic N) is 2. The lowest BCUT2D eigenvalue weighted by Gasteiger charge is -2.34. The number of aryl methyl sites for hydroxylation is 2. The zero-order chi connectivity index (χ0) is 20.9. The van der Waals surface area contributed by atoms with Gasteiger partial charge in [-0.15, -0.1) is 0 Å². The van der Waals surface area contributed by atoms with E-state index in [0.717, 1.165) is 46.6 Å². The molecule has 0 spiro atoms. The number of carbonyl (C=O) groups excluding carboxylic acids is 3. The third kappa shape index (κ3) is 3.14. The SMILES string of the molecule is Cc1ccc2c(CN3C(=O)C(=O)N([C@H]4CCCC[C@@H]4C)C3=O)cc(=O)oc2c1C. The van der Waals surface area contributed by atoms with Gasteiger partial charge in [0.05, 0.1) is 6.54 Å². The van der Waals surface area contributed by atoms with Gasteiger partial charge >= 0.3 is 23.5 Å². The summed E-state index contributed by atoms with van der Waals surface area (Å²) < 4.78 is 5.36. The highest BCUT2D eigenvalue weighted by atomic mass is 16.4. The maximum atomic E-state index is 13.0. The Bertz CT molecular complexity index is 1090. The van der Waals surface area contributed by atoms with Crippen molar-refractivity contribution in [3.05, 3.63) is 45.3 Å². The van der Waals surface area contributed by atoms with Crippen LogP contribution in [-0.4, -0.2) is 33.7 Å². The second-order valence-corrected chi connectivity index (χ2v) is 8.15. The first kappa shape index (κ1) is 19.4. The normalized spacial score (nSPS) is 22.8. The smallest absolute Gasteiger partial charge is 0.336 e. The Balaban J connectivity index is 1.71. The Hall–Kier alpha value is -2.96. The molecule has 0 bridgehead atoms. The number of amides is 4. The number of hydrogen-bond donors (Lipinski definition) is 0. The highest BCUT2D eigenvalue weighted by Crippen LogP contribution is 2.32. The zero-order valence-corrected chi connectivity index (χ0v) is 16.9. The van der Waals surface area contributed by atoms with Crippen molar-refractivity contribution >= 4 is 28.8 Å². The molecule has 152 valence electrons. The minimum atomic E-state index is -0.835. The van der Waals surface area contributed by atoms with E-state index in [0.29, 0.717) is 16.5 Å². The largest absolute Gasteiger partial charge is 0.422 e. The fraction of sp³-hybridized carbons (Fsp3) is 0.455. The number of rotatable bonds is 3. The predicted octanol–water partition coefficient (Wildman–Crippen LogP) is 3.28. The first-order chi connectivity index (χ1) is 13.8. The van der Waals surface area contributed by atoms with Crippen molar-refractivity contribution in [2.24, 2.45) is 5.92 Å². The molecule has 0 radical (unpaired) electrons. The highest BCUT2D eigenvalue weighted by Gasteiger charge is 2.49. The molecule has 7 heteroatoms. The Morgan fingerprint density at radius 2 is 1.76 bits per heavy atom. The Morgan fingerprint density at radius 1 is 1.03 bits per heavy atom. The summed E-state index contributed by atoms with van der Waals surface area (Å²) in [6.45, 7) is 5.65. The summed E-state index contributed by atoms with van der Waals surface area (Å²) in [6, 6.07) is 4.15. The number of urea groups is 1. The van der Waals surface area contributed by atoms with E-state index < -0.39 is 23.5 Å². The number of imide groups is 2. The summed E-state index contributed by atoms with van der Waals surface area (Å²) >= 11 is 0. The molecular weight excluding hydrogens is 372 g/mol. The number of benzene rings is 1. The molecule has 1 aliphatic heterocycles. The molecule has 2 heterocycles. The van der Waals surface area contributed by atoms with E-state index in [1.54, 1.807) is 0 Å². The van der Waals surface area contributed by atoms with Crippen LogP contribution in [0.5, 0.6) is 0 Å². The first-order valence-corrected chi connectivity index (χ1v) is 10.0. The molecule has 2 fully saturated rings. The maximum absolute atomic E-state index is 13.0. The van der Waals surface area contributed by atoms with Gasteiger partial charge in [0, 0.05) is 17.5 Å². The minimum Gasteiger partial charge on any atom is -0.422 e. The molecule has 0 N–H and O–H groups in total. The Morgan fingerprint density at radius 3 is 2.48 bits per heavy atom. The Kier molecular flexibility index (Phi) is 4.76. The molecular formula is C22H24N2O5. The first-order valence-electron chi connectivity index (χ1n) is 10.0. The third-order valence-corrected chi connectivity index (χ3v) is 6.33. The van der Waals surface area contributed by atoms with Gasteiger partial charge in [0.2, 0.25) is 0 Å². The van der Waals surface area contributed by atoms with Gasteiger partial charge in [-0.1, -0.05) is 31.9 Å². The van der Waals surface area contributed by atoms with Gasteiger partial charge < -0.3 is 4.42 Å². The molecule has 2 aliphatic rings. The fourth-order valence-corrected chi connectivity index (χ4v) is 4.46. The minimum absolute atomic E-state index is 0.133. The summed E-state index contributed by atoms with van der Waals surface area (Å²) in [5.74, 6) is -1.44. The molecule has 29 heavy (non-hydrogen) atoms. The molecule has 1 saturated heterocycles. The fourth-order valence-electron chi connectivity index (χ4n) is 4.46. The van der Waals surface area contributed by atoms with Crippen LogP contribution in [0, 0.1) is 19.8 Å². The topological polar surface area (TPSA) is 87.9 Å². The maximum Gasteiger partial charge on any atom is 0.336 e. The van der Waals surface area contributed by atoms with Crippen LogP contribution in [0.3, 0.4) is 0 Å². The standard InChI is InChI=1S/C22H24N2O5/c1-12-8-9-16-15(10-18(25)29-19(16)14(12)3)11-23-20(26)21(27)24(22(23)28)17-7-5-4-6-13(17)2/h8-10,13,17H,4-7,11H2,1-3H3/t13-,17-/m0/s1. The molecule has 1 aliphatic carbocycles. The van der Waals surface area contributed by atoms with E-state index >= 15 is 0 Å². The van der Waals surface area contributed by atoms with Crippen LogP contribution in [0.4, 0.5) is 4.79 Å². The molecule has 1 aromatic carbocycles. The molecule has 7 nitrogen and oxygen atoms in total. The van der Waals surface area contributed by atoms with Crippen LogP contribution in [0.2, 0.25) is 0 Å². The van der Waals surface area contributed by atoms with Crippen molar-refractivity contribution in [2.45, 2.75) is 59.0 Å². The number of hydrogen-bond acceptors (Lipinski definition) is 5. The van der Waals surface area contributed by atoms with Crippen LogP contribution in [0.15, 0.2) is 27.4 Å². The van der Waals surface area contributed by atoms with E-state index in [1.807, 2.05) is 32.9 Å². The van der Waals surface area contributed by atoms with Crippen molar-refractivity contribution in [2.75, 3.05) is 0 Å². The van der Waals surface area contributed by atoms with E-state index in [1.165, 1.54) is 6.07 Å². The number of fused-ring (bicyclic) bond motifs is 1. The summed E-state index contributed by atoms with van der Waals surface area (Å²) in [4.78, 5) is 52.5. The number of carbonyl (C=O) groups is 3. The highest BCUT2D eigenvalue weighted by molar-refractivity contribution is 6.44. The van der Waals surface area contributed by atoms with Crippen molar-refractivity contribution in [1.82, 2.24) is 9.80 Å². The van der Waals surface area contributed by atoms with Crippen LogP contribution in [0.25, 0.3) is 11.0 Å². The summed E-state index contributed by atoms with van der Waals surface area (Å²) in [5.41, 5.74) is 2.18. The predicted molar refractivity (Wildman–Crippen MR) is 106 cm³/mol. The molecule has 2 aromatic rings. The average molecular weight is 396 g/mol. The molecule has 1 saturated carbocycles. The van der Waals surface area contributed by atoms with Gasteiger partial charge in [-0.25, -0.2) is 9.59 Å². The second-order valence-electron chi connectivity index (χ2n) is 8.15. The molecule has 4 rings (SSSR count). The molecule has 1 aromatic heterocycles. The lowest BCUT2D eigenvalue weighted by molar-refractivity contribution is -0.144. The van der Waals surface area contributed by atoms with Crippen LogP contribution in [-0.2, 0) is 16.1 Å². The molecule has 4 amide bonds. The van der Waals surface area contributed by atoms with Gasteiger partial charge in [0.1, 0.15) is 5.58 Å². The lowest BCUT2D eigenvalue weighted by atomic mass is 9.85. The van der Waals surface area contributed by atoms with E-state index in [2.05, 4.69) is 0 Å². The van der Waals surface area contributed by atoms with Crippen LogP contribution < -0.4 is 5.63 Å². The van der Waals surface area contributed by atoms with Crippen molar-refractivity contribution in [3.8, 4) is 0 Å². The van der Waals surface area contributed by atoms with E-state index in [-0.39, 0.29) is 18.5 Å². The summed E-state index contributed by atoms with van der Waals surface area (Å²) in [7, 11) is 0. The summed E-state index contributed by atoms with van der Waals surface area (Å²) in [6.07, 6.45) is 3.65. The molecule has 0 unspecified atom stereocenters. The molecule has 2 atom stereocenters. The summed E-state index contributed by atoms with van der Waals surface area (Å²) in [5, 5.41) is 0.658. The average Bonchev–Trinajstić information content (AvgIpc) is 2.89. The quantitative estimate of drug-likeness (QED) is 0.451.